The van der Waals surface area contributed by atoms with Gasteiger partial charge in [-0.25, -0.2) is 0 Å². The summed E-state index contributed by atoms with van der Waals surface area (Å²) >= 11 is 0. The molecule has 24 heavy (non-hydrogen) atoms. The zero-order chi connectivity index (χ0) is 16.7. The van der Waals surface area contributed by atoms with Gasteiger partial charge in [-0.15, -0.1) is 0 Å². The smallest absolute Gasteiger partial charge is 0.198 e. The Balaban J connectivity index is 1.97. The molecule has 1 aliphatic heterocycles. The predicted octanol–water partition coefficient (Wildman–Crippen LogP) is 4.63. The average Bonchev–Trinajstić information content (AvgIpc) is 2.62. The third-order valence-electron chi connectivity index (χ3n) is 4.36. The molecule has 2 aromatic rings. The van der Waals surface area contributed by atoms with E-state index >= 15 is 0 Å². The van der Waals surface area contributed by atoms with Crippen molar-refractivity contribution in [2.24, 2.45) is 0 Å². The van der Waals surface area contributed by atoms with Crippen molar-refractivity contribution >= 4 is 16.5 Å². The summed E-state index contributed by atoms with van der Waals surface area (Å²) in [6.07, 6.45) is 1.70. The van der Waals surface area contributed by atoms with Gasteiger partial charge in [0, 0.05) is 30.7 Å². The molecule has 1 aliphatic carbocycles. The summed E-state index contributed by atoms with van der Waals surface area (Å²) in [5.74, 6) is 0.618. The van der Waals surface area contributed by atoms with E-state index in [4.69, 9.17) is 4.42 Å². The number of hydrogen-bond donors (Lipinski definition) is 0. The molecule has 0 amide bonds. The summed E-state index contributed by atoms with van der Waals surface area (Å²) in [4.78, 5) is 15.1. The highest BCUT2D eigenvalue weighted by Crippen LogP contribution is 2.30. The third kappa shape index (κ3) is 2.26. The van der Waals surface area contributed by atoms with Crippen LogP contribution in [-0.4, -0.2) is 14.1 Å². The van der Waals surface area contributed by atoms with E-state index in [1.54, 1.807) is 6.26 Å². The molecular formula is C21H17NO2. The number of fused-ring (bicyclic) bond motifs is 3. The van der Waals surface area contributed by atoms with Crippen LogP contribution in [0.15, 0.2) is 76.1 Å². The highest BCUT2D eigenvalue weighted by molar-refractivity contribution is 5.96. The summed E-state index contributed by atoms with van der Waals surface area (Å²) in [5, 5.41) is 1.86. The lowest BCUT2D eigenvalue weighted by Gasteiger charge is -2.13. The largest absolute Gasteiger partial charge is 0.464 e. The normalized spacial score (nSPS) is 11.1. The van der Waals surface area contributed by atoms with E-state index in [0.717, 1.165) is 22.0 Å². The summed E-state index contributed by atoms with van der Waals surface area (Å²) in [6.45, 7) is 0. The Bertz CT molecular complexity index is 1050. The predicted molar refractivity (Wildman–Crippen MR) is 98.9 cm³/mol. The van der Waals surface area contributed by atoms with Gasteiger partial charge in [0.05, 0.1) is 11.8 Å². The van der Waals surface area contributed by atoms with E-state index in [2.05, 4.69) is 0 Å². The van der Waals surface area contributed by atoms with Crippen LogP contribution in [0.25, 0.3) is 33.2 Å². The molecular weight excluding hydrogens is 298 g/mol. The maximum absolute atomic E-state index is 13.1. The Hall–Kier alpha value is -3.07. The van der Waals surface area contributed by atoms with Crippen molar-refractivity contribution in [3.8, 4) is 22.5 Å². The second-order valence-electron chi connectivity index (χ2n) is 6.08. The lowest BCUT2D eigenvalue weighted by atomic mass is 9.96. The molecule has 0 bridgehead atoms. The van der Waals surface area contributed by atoms with Gasteiger partial charge in [-0.1, -0.05) is 36.4 Å². The minimum absolute atomic E-state index is 0.00523. The molecule has 0 radical (unpaired) electrons. The molecule has 2 aromatic carbocycles. The number of anilines is 1. The lowest BCUT2D eigenvalue weighted by Crippen LogP contribution is -2.10. The summed E-state index contributed by atoms with van der Waals surface area (Å²) < 4.78 is 5.64. The lowest BCUT2D eigenvalue weighted by molar-refractivity contribution is 0.572. The first-order chi connectivity index (χ1) is 11.6. The van der Waals surface area contributed by atoms with Gasteiger partial charge >= 0.3 is 0 Å². The summed E-state index contributed by atoms with van der Waals surface area (Å²) in [6, 6.07) is 19.5. The van der Waals surface area contributed by atoms with Gasteiger partial charge in [0.2, 0.25) is 0 Å². The third-order valence-corrected chi connectivity index (χ3v) is 4.36. The minimum atomic E-state index is 0.00523. The van der Waals surface area contributed by atoms with Crippen molar-refractivity contribution in [3.63, 3.8) is 0 Å². The molecule has 2 aliphatic rings. The van der Waals surface area contributed by atoms with Gasteiger partial charge in [-0.3, -0.25) is 4.79 Å². The van der Waals surface area contributed by atoms with Crippen molar-refractivity contribution in [3.05, 3.63) is 77.2 Å². The molecule has 0 saturated heterocycles. The molecule has 3 nitrogen and oxygen atoms in total. The van der Waals surface area contributed by atoms with Crippen molar-refractivity contribution in [2.75, 3.05) is 19.0 Å². The second-order valence-corrected chi connectivity index (χ2v) is 6.08. The zero-order valence-electron chi connectivity index (χ0n) is 13.6. The van der Waals surface area contributed by atoms with E-state index in [9.17, 15) is 4.79 Å². The molecule has 118 valence electrons. The Morgan fingerprint density at radius 2 is 1.62 bits per heavy atom. The number of nitrogens with zero attached hydrogens (tertiary/aromatic N) is 1. The van der Waals surface area contributed by atoms with Gasteiger partial charge in [0.25, 0.3) is 0 Å². The van der Waals surface area contributed by atoms with E-state index in [1.165, 1.54) is 0 Å². The highest BCUT2D eigenvalue weighted by atomic mass is 16.3. The fourth-order valence-corrected chi connectivity index (χ4v) is 3.04. The van der Waals surface area contributed by atoms with Crippen LogP contribution < -0.4 is 10.3 Å². The fourth-order valence-electron chi connectivity index (χ4n) is 3.04. The van der Waals surface area contributed by atoms with Crippen molar-refractivity contribution in [2.45, 2.75) is 0 Å². The molecule has 3 heteroatoms. The molecule has 0 spiro atoms. The summed E-state index contributed by atoms with van der Waals surface area (Å²) in [7, 11) is 4.00. The topological polar surface area (TPSA) is 33.5 Å². The van der Waals surface area contributed by atoms with E-state index in [0.29, 0.717) is 16.9 Å². The van der Waals surface area contributed by atoms with Crippen LogP contribution in [0.4, 0.5) is 5.69 Å². The van der Waals surface area contributed by atoms with Gasteiger partial charge in [0.1, 0.15) is 5.76 Å². The van der Waals surface area contributed by atoms with Gasteiger partial charge in [0.15, 0.2) is 5.43 Å². The van der Waals surface area contributed by atoms with Crippen molar-refractivity contribution in [1.82, 2.24) is 0 Å². The molecule has 0 atom stereocenters. The van der Waals surface area contributed by atoms with Crippen LogP contribution in [0.3, 0.4) is 0 Å². The molecule has 1 heterocycles. The standard InChI is InChI=1S/C21H17NO2/c1-22(2)16-9-7-14(8-10-16)18-11-12-19-20(21(18)23)17-6-4-3-5-15(17)13-24-19/h3-13H,1-2H3. The summed E-state index contributed by atoms with van der Waals surface area (Å²) in [5.41, 5.74) is 3.36. The van der Waals surface area contributed by atoms with Crippen LogP contribution in [0, 0.1) is 0 Å². The molecule has 0 unspecified atom stereocenters. The average molecular weight is 315 g/mol. The van der Waals surface area contributed by atoms with E-state index in [-0.39, 0.29) is 5.43 Å². The van der Waals surface area contributed by atoms with E-state index in [1.807, 2.05) is 79.7 Å². The fraction of sp³-hybridized carbons (Fsp3) is 0.0952. The second kappa shape index (κ2) is 5.53. The minimum Gasteiger partial charge on any atom is -0.464 e. The van der Waals surface area contributed by atoms with Crippen LogP contribution in [0.5, 0.6) is 0 Å². The Labute approximate surface area is 140 Å². The highest BCUT2D eigenvalue weighted by Gasteiger charge is 2.16. The Morgan fingerprint density at radius 3 is 2.38 bits per heavy atom. The van der Waals surface area contributed by atoms with Gasteiger partial charge in [-0.05, 0) is 35.2 Å². The van der Waals surface area contributed by atoms with Gasteiger partial charge in [-0.2, -0.15) is 0 Å². The van der Waals surface area contributed by atoms with Crippen LogP contribution >= 0.6 is 0 Å². The van der Waals surface area contributed by atoms with Crippen LogP contribution in [0.1, 0.15) is 0 Å². The molecule has 0 fully saturated rings. The van der Waals surface area contributed by atoms with E-state index < -0.39 is 0 Å². The molecule has 0 aromatic heterocycles. The first-order valence-electron chi connectivity index (χ1n) is 7.86. The monoisotopic (exact) mass is 315 g/mol. The number of benzene rings is 3. The van der Waals surface area contributed by atoms with Crippen LogP contribution in [-0.2, 0) is 0 Å². The Kier molecular flexibility index (Phi) is 3.35. The first-order valence-corrected chi connectivity index (χ1v) is 7.86. The first kappa shape index (κ1) is 14.5. The van der Waals surface area contributed by atoms with Gasteiger partial charge < -0.3 is 9.32 Å². The Morgan fingerprint density at radius 1 is 0.875 bits per heavy atom. The molecule has 0 N–H and O–H groups in total. The van der Waals surface area contributed by atoms with Crippen molar-refractivity contribution < 1.29 is 4.42 Å². The quantitative estimate of drug-likeness (QED) is 0.506. The maximum Gasteiger partial charge on any atom is 0.198 e. The SMILES string of the molecule is CN(C)c1ccc(-c2ccc3occ4ccccc4c-3c2=O)cc1. The molecule has 0 saturated carbocycles. The number of rotatable bonds is 2. The molecule has 4 rings (SSSR count). The zero-order valence-corrected chi connectivity index (χ0v) is 13.6. The van der Waals surface area contributed by atoms with Crippen LogP contribution in [0.2, 0.25) is 0 Å². The maximum atomic E-state index is 13.1. The number of hydrogen-bond acceptors (Lipinski definition) is 3. The van der Waals surface area contributed by atoms with Crippen molar-refractivity contribution in [1.29, 1.82) is 0 Å².